The van der Waals surface area contributed by atoms with Gasteiger partial charge >= 0.3 is 0 Å². The number of benzene rings is 1. The lowest BCUT2D eigenvalue weighted by molar-refractivity contribution is -0.102. The van der Waals surface area contributed by atoms with E-state index in [0.717, 1.165) is 17.1 Å². The number of carbonyl (C=O) groups excluding carboxylic acids is 1. The van der Waals surface area contributed by atoms with Gasteiger partial charge < -0.3 is 10.6 Å². The molecule has 0 bridgehead atoms. The number of nitrogens with two attached hydrogens (primary N) is 1. The fourth-order valence-corrected chi connectivity index (χ4v) is 1.65. The van der Waals surface area contributed by atoms with Crippen LogP contribution >= 0.6 is 11.5 Å². The van der Waals surface area contributed by atoms with Gasteiger partial charge in [-0.1, -0.05) is 23.4 Å². The topological polar surface area (TPSA) is 90.5 Å². The Hall–Kier alpha value is -2.28. The van der Waals surface area contributed by atoms with Crippen LogP contribution in [0.1, 0.15) is 11.4 Å². The van der Waals surface area contributed by atoms with Crippen molar-refractivity contribution in [1.29, 1.82) is 0 Å². The van der Waals surface area contributed by atoms with E-state index in [1.54, 1.807) is 6.07 Å². The van der Waals surface area contributed by atoms with E-state index < -0.39 is 0 Å². The van der Waals surface area contributed by atoms with Crippen LogP contribution in [0.2, 0.25) is 0 Å². The van der Waals surface area contributed by atoms with Crippen molar-refractivity contribution in [3.63, 3.8) is 0 Å². The van der Waals surface area contributed by atoms with Gasteiger partial charge in [0.2, 0.25) is 0 Å². The summed E-state index contributed by atoms with van der Waals surface area (Å²) in [6.45, 7) is 1.88. The van der Waals surface area contributed by atoms with E-state index in [0.29, 0.717) is 12.0 Å². The van der Waals surface area contributed by atoms with E-state index >= 15 is 0 Å². The lowest BCUT2D eigenvalue weighted by Gasteiger charge is -2.01. The molecule has 1 aromatic heterocycles. The number of aromatic nitrogens is 2. The normalized spacial score (nSPS) is 11.3. The van der Waals surface area contributed by atoms with Crippen molar-refractivity contribution < 1.29 is 9.63 Å². The summed E-state index contributed by atoms with van der Waals surface area (Å²) in [5.74, 6) is 0.737. The molecule has 1 heterocycles. The zero-order valence-electron chi connectivity index (χ0n) is 9.53. The molecule has 0 atom stereocenters. The first-order valence-electron chi connectivity index (χ1n) is 5.06. The molecule has 0 aliphatic heterocycles. The Bertz CT molecular complexity index is 594. The molecule has 0 spiro atoms. The maximum absolute atomic E-state index is 10.9. The van der Waals surface area contributed by atoms with E-state index in [-0.39, 0.29) is 16.7 Å². The van der Waals surface area contributed by atoms with Crippen molar-refractivity contribution in [3.8, 4) is 5.75 Å². The van der Waals surface area contributed by atoms with Gasteiger partial charge in [0.05, 0.1) is 0 Å². The number of carbonyl (C=O) groups is 1. The molecule has 0 unspecified atom stereocenters. The van der Waals surface area contributed by atoms with Crippen LogP contribution in [0, 0.1) is 6.92 Å². The van der Waals surface area contributed by atoms with Crippen LogP contribution in [-0.4, -0.2) is 21.4 Å². The van der Waals surface area contributed by atoms with Gasteiger partial charge in [-0.3, -0.25) is 4.79 Å². The predicted molar refractivity (Wildman–Crippen MR) is 68.7 cm³/mol. The predicted octanol–water partition coefficient (Wildman–Crippen LogP) is 1.41. The van der Waals surface area contributed by atoms with Crippen molar-refractivity contribution in [2.45, 2.75) is 6.92 Å². The molecular formula is C11H10N4O2S. The number of aryl methyl sites for hydroxylation is 1. The highest BCUT2D eigenvalue weighted by Gasteiger charge is 2.10. The quantitative estimate of drug-likeness (QED) is 0.511. The van der Waals surface area contributed by atoms with Gasteiger partial charge in [-0.15, -0.1) is 0 Å². The van der Waals surface area contributed by atoms with Crippen molar-refractivity contribution in [3.05, 3.63) is 35.7 Å². The summed E-state index contributed by atoms with van der Waals surface area (Å²) >= 11 is 0.994. The number of nitrogens with zero attached hydrogens (tertiary/aromatic N) is 3. The number of para-hydroxylation sites is 1. The molecule has 1 aromatic carbocycles. The van der Waals surface area contributed by atoms with Crippen molar-refractivity contribution in [2.24, 2.45) is 5.16 Å². The minimum Gasteiger partial charge on any atom is -0.374 e. The second-order valence-corrected chi connectivity index (χ2v) is 4.19. The van der Waals surface area contributed by atoms with Gasteiger partial charge in [-0.05, 0) is 18.6 Å². The summed E-state index contributed by atoms with van der Waals surface area (Å²) in [4.78, 5) is 19.9. The van der Waals surface area contributed by atoms with E-state index in [4.69, 9.17) is 10.6 Å². The fraction of sp³-hybridized carbons (Fsp3) is 0.0909. The van der Waals surface area contributed by atoms with E-state index in [1.807, 2.05) is 25.1 Å². The van der Waals surface area contributed by atoms with E-state index in [9.17, 15) is 4.79 Å². The molecule has 2 N–H and O–H groups in total. The number of hydrogen-bond acceptors (Lipinski definition) is 7. The number of nitrogen functional groups attached to an aromatic ring is 1. The highest BCUT2D eigenvalue weighted by molar-refractivity contribution is 7.09. The Morgan fingerprint density at radius 2 is 2.28 bits per heavy atom. The minimum absolute atomic E-state index is 0.00574. The molecule has 2 aromatic rings. The van der Waals surface area contributed by atoms with Crippen LogP contribution in [0.25, 0.3) is 0 Å². The van der Waals surface area contributed by atoms with Gasteiger partial charge in [-0.2, -0.15) is 9.36 Å². The Balaban J connectivity index is 2.21. The molecule has 92 valence electrons. The number of oxime groups is 1. The van der Waals surface area contributed by atoms with Crippen LogP contribution in [0.3, 0.4) is 0 Å². The molecule has 2 rings (SSSR count). The molecule has 0 radical (unpaired) electrons. The Kier molecular flexibility index (Phi) is 3.63. The number of anilines is 1. The van der Waals surface area contributed by atoms with Crippen molar-refractivity contribution in [2.75, 3.05) is 5.73 Å². The third-order valence-electron chi connectivity index (χ3n) is 2.12. The Morgan fingerprint density at radius 3 is 2.89 bits per heavy atom. The highest BCUT2D eigenvalue weighted by atomic mass is 32.1. The number of hydrogen-bond donors (Lipinski definition) is 1. The summed E-state index contributed by atoms with van der Waals surface area (Å²) in [6.07, 6.45) is 0.528. The standard InChI is InChI=1S/C11H10N4O2S/c1-7-4-2-3-5-9(7)17-14-8(6-16)10-13-11(12)18-15-10/h2-6H,1H3,(H2,12,13,15)/b14-8-. The lowest BCUT2D eigenvalue weighted by Crippen LogP contribution is -2.07. The highest BCUT2D eigenvalue weighted by Crippen LogP contribution is 2.16. The van der Waals surface area contributed by atoms with Gasteiger partial charge in [0, 0.05) is 11.5 Å². The van der Waals surface area contributed by atoms with Gasteiger partial charge in [0.15, 0.2) is 28.7 Å². The second-order valence-electron chi connectivity index (χ2n) is 3.41. The fourth-order valence-electron chi connectivity index (χ4n) is 1.21. The lowest BCUT2D eigenvalue weighted by atomic mass is 10.2. The van der Waals surface area contributed by atoms with Crippen LogP contribution < -0.4 is 10.6 Å². The monoisotopic (exact) mass is 262 g/mol. The summed E-state index contributed by atoms with van der Waals surface area (Å²) in [5.41, 5.74) is 6.36. The van der Waals surface area contributed by atoms with E-state index in [2.05, 4.69) is 14.5 Å². The summed E-state index contributed by atoms with van der Waals surface area (Å²) in [6, 6.07) is 7.33. The van der Waals surface area contributed by atoms with Gasteiger partial charge in [0.25, 0.3) is 0 Å². The molecule has 0 amide bonds. The van der Waals surface area contributed by atoms with Crippen LogP contribution in [-0.2, 0) is 4.79 Å². The van der Waals surface area contributed by atoms with Crippen molar-refractivity contribution in [1.82, 2.24) is 9.36 Å². The Morgan fingerprint density at radius 1 is 1.50 bits per heavy atom. The average Bonchev–Trinajstić information content (AvgIpc) is 2.79. The zero-order valence-corrected chi connectivity index (χ0v) is 10.3. The first kappa shape index (κ1) is 12.2. The first-order chi connectivity index (χ1) is 8.70. The molecular weight excluding hydrogens is 252 g/mol. The summed E-state index contributed by atoms with van der Waals surface area (Å²) < 4.78 is 3.89. The van der Waals surface area contributed by atoms with Gasteiger partial charge in [-0.25, -0.2) is 0 Å². The summed E-state index contributed by atoms with van der Waals surface area (Å²) in [7, 11) is 0. The largest absolute Gasteiger partial charge is 0.374 e. The third kappa shape index (κ3) is 2.69. The molecule has 0 aliphatic rings. The smallest absolute Gasteiger partial charge is 0.200 e. The zero-order chi connectivity index (χ0) is 13.0. The second kappa shape index (κ2) is 5.37. The molecule has 0 saturated heterocycles. The average molecular weight is 262 g/mol. The van der Waals surface area contributed by atoms with E-state index in [1.165, 1.54) is 0 Å². The SMILES string of the molecule is Cc1ccccc1O/N=C(/C=O)c1nsc(N)n1. The van der Waals surface area contributed by atoms with Crippen molar-refractivity contribution >= 4 is 28.7 Å². The van der Waals surface area contributed by atoms with Crippen LogP contribution in [0.4, 0.5) is 5.13 Å². The number of rotatable bonds is 4. The van der Waals surface area contributed by atoms with Crippen LogP contribution in [0.5, 0.6) is 5.75 Å². The molecule has 7 heteroatoms. The molecule has 18 heavy (non-hydrogen) atoms. The number of aldehydes is 1. The molecule has 0 fully saturated rings. The maximum atomic E-state index is 10.9. The Labute approximate surface area is 107 Å². The third-order valence-corrected chi connectivity index (χ3v) is 2.66. The summed E-state index contributed by atoms with van der Waals surface area (Å²) in [5, 5.41) is 4.01. The molecule has 0 saturated carbocycles. The van der Waals surface area contributed by atoms with Crippen LogP contribution in [0.15, 0.2) is 29.4 Å². The first-order valence-corrected chi connectivity index (χ1v) is 5.83. The molecule has 0 aliphatic carbocycles. The van der Waals surface area contributed by atoms with Gasteiger partial charge in [0.1, 0.15) is 0 Å². The minimum atomic E-state index is 0.00574. The maximum Gasteiger partial charge on any atom is 0.200 e. The molecule has 6 nitrogen and oxygen atoms in total.